The van der Waals surface area contributed by atoms with Gasteiger partial charge in [-0.05, 0) is 24.6 Å². The van der Waals surface area contributed by atoms with E-state index >= 15 is 0 Å². The molecule has 2 rings (SSSR count). The van der Waals surface area contributed by atoms with E-state index in [2.05, 4.69) is 47.6 Å². The molecule has 0 aliphatic carbocycles. The fourth-order valence-corrected chi connectivity index (χ4v) is 3.80. The Labute approximate surface area is 113 Å². The van der Waals surface area contributed by atoms with Crippen LogP contribution in [0, 0.1) is 6.92 Å². The largest absolute Gasteiger partial charge is 0.354 e. The van der Waals surface area contributed by atoms with Crippen LogP contribution in [0.4, 0.5) is 5.82 Å². The first kappa shape index (κ1) is 13.0. The molecule has 2 unspecified atom stereocenters. The van der Waals surface area contributed by atoms with Gasteiger partial charge in [-0.1, -0.05) is 13.8 Å². The highest BCUT2D eigenvalue weighted by molar-refractivity contribution is 8.00. The molecule has 1 aliphatic heterocycles. The highest BCUT2D eigenvalue weighted by Gasteiger charge is 2.23. The minimum absolute atomic E-state index is 0.560. The van der Waals surface area contributed by atoms with Gasteiger partial charge < -0.3 is 4.90 Å². The van der Waals surface area contributed by atoms with Gasteiger partial charge in [0.25, 0.3) is 0 Å². The zero-order valence-corrected chi connectivity index (χ0v) is 12.2. The van der Waals surface area contributed by atoms with Gasteiger partial charge in [-0.15, -0.1) is 11.6 Å². The summed E-state index contributed by atoms with van der Waals surface area (Å²) in [5.41, 5.74) is 2.21. The van der Waals surface area contributed by atoms with Gasteiger partial charge in [0.15, 0.2) is 0 Å². The Bertz CT molecular complexity index is 387. The lowest BCUT2D eigenvalue weighted by Gasteiger charge is -2.35. The third-order valence-corrected chi connectivity index (χ3v) is 4.43. The predicted molar refractivity (Wildman–Crippen MR) is 77.3 cm³/mol. The molecule has 0 radical (unpaired) electrons. The highest BCUT2D eigenvalue weighted by Crippen LogP contribution is 2.28. The van der Waals surface area contributed by atoms with Gasteiger partial charge in [0, 0.05) is 35.2 Å². The molecule has 0 spiro atoms. The smallest absolute Gasteiger partial charge is 0.129 e. The zero-order chi connectivity index (χ0) is 12.4. The summed E-state index contributed by atoms with van der Waals surface area (Å²) in [6, 6.07) is 4.18. The van der Waals surface area contributed by atoms with Gasteiger partial charge in [0.05, 0.1) is 0 Å². The number of hydrogen-bond donors (Lipinski definition) is 0. The molecule has 0 bridgehead atoms. The van der Waals surface area contributed by atoms with Gasteiger partial charge in [-0.2, -0.15) is 11.8 Å². The summed E-state index contributed by atoms with van der Waals surface area (Å²) in [5.74, 6) is 1.64. The van der Waals surface area contributed by atoms with E-state index in [1.165, 1.54) is 0 Å². The van der Waals surface area contributed by atoms with Crippen molar-refractivity contribution < 1.29 is 0 Å². The maximum atomic E-state index is 5.92. The Hall–Kier alpha value is -0.410. The lowest BCUT2D eigenvalue weighted by atomic mass is 10.2. The number of pyridine rings is 1. The van der Waals surface area contributed by atoms with Gasteiger partial charge in [-0.25, -0.2) is 4.98 Å². The van der Waals surface area contributed by atoms with Crippen LogP contribution < -0.4 is 4.90 Å². The predicted octanol–water partition coefficient (Wildman–Crippen LogP) is 3.46. The summed E-state index contributed by atoms with van der Waals surface area (Å²) in [4.78, 5) is 7.02. The number of anilines is 1. The van der Waals surface area contributed by atoms with Crippen LogP contribution in [0.2, 0.25) is 0 Å². The van der Waals surface area contributed by atoms with E-state index in [-0.39, 0.29) is 0 Å². The van der Waals surface area contributed by atoms with E-state index in [4.69, 9.17) is 11.6 Å². The molecular formula is C13H19ClN2S. The first-order chi connectivity index (χ1) is 8.08. The van der Waals surface area contributed by atoms with E-state index in [9.17, 15) is 0 Å². The number of aromatic nitrogens is 1. The Morgan fingerprint density at radius 2 is 2.00 bits per heavy atom. The average Bonchev–Trinajstić information content (AvgIpc) is 2.26. The second-order valence-electron chi connectivity index (χ2n) is 4.77. The van der Waals surface area contributed by atoms with Gasteiger partial charge in [-0.3, -0.25) is 0 Å². The molecule has 2 nitrogen and oxygen atoms in total. The van der Waals surface area contributed by atoms with Crippen molar-refractivity contribution in [1.82, 2.24) is 4.98 Å². The standard InChI is InChI=1S/C13H19ClN2S/c1-9-4-12(6-14)5-13(15-9)16-7-10(2)17-11(3)8-16/h4-5,10-11H,6-8H2,1-3H3. The molecule has 4 heteroatoms. The number of halogens is 1. The summed E-state index contributed by atoms with van der Waals surface area (Å²) in [7, 11) is 0. The van der Waals surface area contributed by atoms with E-state index in [1.54, 1.807) is 0 Å². The van der Waals surface area contributed by atoms with Crippen LogP contribution >= 0.6 is 23.4 Å². The van der Waals surface area contributed by atoms with E-state index in [1.807, 2.05) is 6.92 Å². The molecule has 0 amide bonds. The molecule has 2 atom stereocenters. The van der Waals surface area contributed by atoms with Crippen molar-refractivity contribution in [1.29, 1.82) is 0 Å². The van der Waals surface area contributed by atoms with Crippen LogP contribution in [-0.2, 0) is 5.88 Å². The minimum Gasteiger partial charge on any atom is -0.354 e. The van der Waals surface area contributed by atoms with E-state index in [0.29, 0.717) is 16.4 Å². The Morgan fingerprint density at radius 3 is 2.59 bits per heavy atom. The molecule has 0 saturated carbocycles. The molecule has 0 N–H and O–H groups in total. The van der Waals surface area contributed by atoms with Crippen molar-refractivity contribution in [3.63, 3.8) is 0 Å². The normalized spacial score (nSPS) is 25.1. The molecule has 94 valence electrons. The highest BCUT2D eigenvalue weighted by atomic mass is 35.5. The van der Waals surface area contributed by atoms with E-state index < -0.39 is 0 Å². The number of rotatable bonds is 2. The summed E-state index contributed by atoms with van der Waals surface area (Å²) >= 11 is 7.97. The number of nitrogens with zero attached hydrogens (tertiary/aromatic N) is 2. The van der Waals surface area contributed by atoms with Crippen LogP contribution in [0.1, 0.15) is 25.1 Å². The third-order valence-electron chi connectivity index (χ3n) is 2.90. The molecule has 17 heavy (non-hydrogen) atoms. The topological polar surface area (TPSA) is 16.1 Å². The zero-order valence-electron chi connectivity index (χ0n) is 10.6. The average molecular weight is 271 g/mol. The fraction of sp³-hybridized carbons (Fsp3) is 0.615. The van der Waals surface area contributed by atoms with Crippen molar-refractivity contribution in [2.24, 2.45) is 0 Å². The first-order valence-electron chi connectivity index (χ1n) is 6.02. The van der Waals surface area contributed by atoms with E-state index in [0.717, 1.165) is 30.2 Å². The summed E-state index contributed by atoms with van der Waals surface area (Å²) < 4.78 is 0. The van der Waals surface area contributed by atoms with Crippen LogP contribution in [0.25, 0.3) is 0 Å². The molecule has 1 fully saturated rings. The fourth-order valence-electron chi connectivity index (χ4n) is 2.33. The monoisotopic (exact) mass is 270 g/mol. The lowest BCUT2D eigenvalue weighted by Crippen LogP contribution is -2.40. The number of hydrogen-bond acceptors (Lipinski definition) is 3. The molecule has 0 aromatic carbocycles. The maximum absolute atomic E-state index is 5.92. The number of thioether (sulfide) groups is 1. The molecule has 1 aliphatic rings. The lowest BCUT2D eigenvalue weighted by molar-refractivity contribution is 0.717. The Morgan fingerprint density at radius 1 is 1.35 bits per heavy atom. The first-order valence-corrected chi connectivity index (χ1v) is 7.50. The van der Waals surface area contributed by atoms with Crippen molar-refractivity contribution in [2.45, 2.75) is 37.2 Å². The number of aryl methyl sites for hydroxylation is 1. The Kier molecular flexibility index (Phi) is 4.21. The van der Waals surface area contributed by atoms with Gasteiger partial charge in [0.1, 0.15) is 5.82 Å². The van der Waals surface area contributed by atoms with Crippen molar-refractivity contribution >= 4 is 29.2 Å². The summed E-state index contributed by atoms with van der Waals surface area (Å²) in [6.45, 7) is 8.75. The van der Waals surface area contributed by atoms with Crippen LogP contribution in [0.5, 0.6) is 0 Å². The minimum atomic E-state index is 0.560. The second-order valence-corrected chi connectivity index (χ2v) is 6.92. The van der Waals surface area contributed by atoms with Crippen LogP contribution in [-0.4, -0.2) is 28.6 Å². The van der Waals surface area contributed by atoms with Crippen LogP contribution in [0.15, 0.2) is 12.1 Å². The summed E-state index contributed by atoms with van der Waals surface area (Å²) in [5, 5.41) is 1.33. The number of alkyl halides is 1. The van der Waals surface area contributed by atoms with Crippen LogP contribution in [0.3, 0.4) is 0 Å². The summed E-state index contributed by atoms with van der Waals surface area (Å²) in [6.07, 6.45) is 0. The third kappa shape index (κ3) is 3.29. The molecular weight excluding hydrogens is 252 g/mol. The van der Waals surface area contributed by atoms with Gasteiger partial charge in [0.2, 0.25) is 0 Å². The van der Waals surface area contributed by atoms with Crippen molar-refractivity contribution in [3.05, 3.63) is 23.4 Å². The molecule has 1 aromatic heterocycles. The second kappa shape index (κ2) is 5.49. The SMILES string of the molecule is Cc1cc(CCl)cc(N2CC(C)SC(C)C2)n1. The molecule has 2 heterocycles. The van der Waals surface area contributed by atoms with Crippen molar-refractivity contribution in [2.75, 3.05) is 18.0 Å². The Balaban J connectivity index is 2.23. The van der Waals surface area contributed by atoms with Crippen molar-refractivity contribution in [3.8, 4) is 0 Å². The molecule has 1 aromatic rings. The molecule has 1 saturated heterocycles. The maximum Gasteiger partial charge on any atom is 0.129 e. The van der Waals surface area contributed by atoms with Gasteiger partial charge >= 0.3 is 0 Å². The quantitative estimate of drug-likeness (QED) is 0.766.